The Morgan fingerprint density at radius 1 is 1.07 bits per heavy atom. The number of hydrogen-bond acceptors (Lipinski definition) is 3. The lowest BCUT2D eigenvalue weighted by Gasteiger charge is -2.31. The fourth-order valence-electron chi connectivity index (χ4n) is 3.25. The van der Waals surface area contributed by atoms with Crippen molar-refractivity contribution >= 4 is 17.3 Å². The topological polar surface area (TPSA) is 50.2 Å². The van der Waals surface area contributed by atoms with Crippen molar-refractivity contribution in [1.29, 1.82) is 0 Å². The van der Waals surface area contributed by atoms with Crippen LogP contribution in [0.2, 0.25) is 0 Å². The number of aromatic nitrogens is 2. The summed E-state index contributed by atoms with van der Waals surface area (Å²) in [5.41, 5.74) is 1.55. The number of rotatable bonds is 4. The molecular formula is C20H17F3N4O. The fourth-order valence-corrected chi connectivity index (χ4v) is 3.25. The summed E-state index contributed by atoms with van der Waals surface area (Å²) in [6.45, 7) is 2.45. The van der Waals surface area contributed by atoms with Crippen LogP contribution in [0.15, 0.2) is 48.5 Å². The summed E-state index contributed by atoms with van der Waals surface area (Å²) in [4.78, 5) is 14.4. The molecule has 0 fully saturated rings. The van der Waals surface area contributed by atoms with Crippen molar-refractivity contribution in [2.75, 3.05) is 16.8 Å². The molecule has 1 aliphatic heterocycles. The van der Waals surface area contributed by atoms with Crippen LogP contribution in [0.5, 0.6) is 0 Å². The van der Waals surface area contributed by atoms with Crippen LogP contribution in [0.4, 0.5) is 24.5 Å². The van der Waals surface area contributed by atoms with Gasteiger partial charge in [0.05, 0.1) is 24.0 Å². The maximum Gasteiger partial charge on any atom is 0.276 e. The number of benzene rings is 2. The highest BCUT2D eigenvalue weighted by Gasteiger charge is 2.31. The Balaban J connectivity index is 1.56. The standard InChI is InChI=1S/C20H17F3N4O/c1-12-11-26(16-5-2-13(21)3-6-16)20(28)19-9-15(25-27(12)19)10-24-18-8-14(22)4-7-17(18)23/h2-9,12,24H,10-11H2,1H3/t12-/m1/s1. The van der Waals surface area contributed by atoms with E-state index in [-0.39, 0.29) is 30.0 Å². The average molecular weight is 386 g/mol. The van der Waals surface area contributed by atoms with Crippen LogP contribution in [0.25, 0.3) is 0 Å². The summed E-state index contributed by atoms with van der Waals surface area (Å²) in [5.74, 6) is -1.74. The Labute approximate surface area is 159 Å². The first kappa shape index (κ1) is 18.1. The quantitative estimate of drug-likeness (QED) is 0.733. The summed E-state index contributed by atoms with van der Waals surface area (Å²) in [7, 11) is 0. The van der Waals surface area contributed by atoms with Crippen LogP contribution >= 0.6 is 0 Å². The lowest BCUT2D eigenvalue weighted by atomic mass is 10.1. The van der Waals surface area contributed by atoms with Crippen molar-refractivity contribution in [2.24, 2.45) is 0 Å². The van der Waals surface area contributed by atoms with Crippen molar-refractivity contribution in [3.05, 3.63) is 77.4 Å². The maximum atomic E-state index is 13.7. The van der Waals surface area contributed by atoms with E-state index in [1.165, 1.54) is 12.1 Å². The van der Waals surface area contributed by atoms with Crippen molar-refractivity contribution < 1.29 is 18.0 Å². The largest absolute Gasteiger partial charge is 0.377 e. The molecule has 0 bridgehead atoms. The molecule has 3 aromatic rings. The Morgan fingerprint density at radius 3 is 2.54 bits per heavy atom. The van der Waals surface area contributed by atoms with Gasteiger partial charge in [0.2, 0.25) is 0 Å². The number of nitrogens with zero attached hydrogens (tertiary/aromatic N) is 3. The van der Waals surface area contributed by atoms with Gasteiger partial charge in [0.25, 0.3) is 5.91 Å². The molecule has 0 spiro atoms. The maximum absolute atomic E-state index is 13.7. The molecule has 2 heterocycles. The smallest absolute Gasteiger partial charge is 0.276 e. The summed E-state index contributed by atoms with van der Waals surface area (Å²) in [6, 6.07) is 10.4. The lowest BCUT2D eigenvalue weighted by molar-refractivity contribution is 0.0953. The van der Waals surface area contributed by atoms with Gasteiger partial charge in [-0.05, 0) is 55.5 Å². The predicted molar refractivity (Wildman–Crippen MR) is 98.7 cm³/mol. The normalized spacial score (nSPS) is 16.2. The molecule has 1 aromatic heterocycles. The Bertz CT molecular complexity index is 1030. The molecule has 2 aromatic carbocycles. The van der Waals surface area contributed by atoms with Crippen LogP contribution in [-0.2, 0) is 6.54 Å². The molecule has 0 saturated heterocycles. The molecule has 0 aliphatic carbocycles. The Hall–Kier alpha value is -3.29. The Kier molecular flexibility index (Phi) is 4.54. The zero-order chi connectivity index (χ0) is 19.8. The molecule has 5 nitrogen and oxygen atoms in total. The van der Waals surface area contributed by atoms with E-state index in [0.717, 1.165) is 18.2 Å². The van der Waals surface area contributed by atoms with E-state index in [0.29, 0.717) is 23.6 Å². The zero-order valence-corrected chi connectivity index (χ0v) is 15.0. The van der Waals surface area contributed by atoms with E-state index in [9.17, 15) is 18.0 Å². The van der Waals surface area contributed by atoms with Gasteiger partial charge in [0, 0.05) is 12.2 Å². The molecular weight excluding hydrogens is 369 g/mol. The van der Waals surface area contributed by atoms with E-state index in [4.69, 9.17) is 0 Å². The summed E-state index contributed by atoms with van der Waals surface area (Å²) < 4.78 is 41.8. The lowest BCUT2D eigenvalue weighted by Crippen LogP contribution is -2.42. The van der Waals surface area contributed by atoms with E-state index in [1.54, 1.807) is 27.8 Å². The van der Waals surface area contributed by atoms with Crippen molar-refractivity contribution in [3.63, 3.8) is 0 Å². The van der Waals surface area contributed by atoms with Crippen LogP contribution in [0.1, 0.15) is 29.1 Å². The molecule has 1 aliphatic rings. The third kappa shape index (κ3) is 3.33. The first-order chi connectivity index (χ1) is 13.4. The second-order valence-corrected chi connectivity index (χ2v) is 6.68. The first-order valence-corrected chi connectivity index (χ1v) is 8.77. The number of amides is 1. The van der Waals surface area contributed by atoms with Gasteiger partial charge in [-0.25, -0.2) is 13.2 Å². The molecule has 0 radical (unpaired) electrons. The highest BCUT2D eigenvalue weighted by atomic mass is 19.1. The van der Waals surface area contributed by atoms with Gasteiger partial charge < -0.3 is 10.2 Å². The second kappa shape index (κ2) is 7.03. The molecule has 1 amide bonds. The first-order valence-electron chi connectivity index (χ1n) is 8.77. The van der Waals surface area contributed by atoms with Crippen molar-refractivity contribution in [2.45, 2.75) is 19.5 Å². The molecule has 1 N–H and O–H groups in total. The number of halogens is 3. The average Bonchev–Trinajstić information content (AvgIpc) is 3.11. The molecule has 0 saturated carbocycles. The fraction of sp³-hybridized carbons (Fsp3) is 0.200. The van der Waals surface area contributed by atoms with E-state index < -0.39 is 11.6 Å². The van der Waals surface area contributed by atoms with E-state index >= 15 is 0 Å². The molecule has 1 atom stereocenters. The summed E-state index contributed by atoms with van der Waals surface area (Å²) >= 11 is 0. The molecule has 144 valence electrons. The predicted octanol–water partition coefficient (Wildman–Crippen LogP) is 4.13. The van der Waals surface area contributed by atoms with Crippen LogP contribution < -0.4 is 10.2 Å². The van der Waals surface area contributed by atoms with Gasteiger partial charge >= 0.3 is 0 Å². The van der Waals surface area contributed by atoms with Crippen LogP contribution in [0, 0.1) is 17.5 Å². The van der Waals surface area contributed by atoms with Gasteiger partial charge in [-0.2, -0.15) is 5.10 Å². The molecule has 4 rings (SSSR count). The minimum Gasteiger partial charge on any atom is -0.377 e. The summed E-state index contributed by atoms with van der Waals surface area (Å²) in [5, 5.41) is 7.22. The van der Waals surface area contributed by atoms with Gasteiger partial charge in [0.15, 0.2) is 0 Å². The van der Waals surface area contributed by atoms with E-state index in [1.807, 2.05) is 6.92 Å². The van der Waals surface area contributed by atoms with Crippen molar-refractivity contribution in [1.82, 2.24) is 9.78 Å². The number of hydrogen-bond donors (Lipinski definition) is 1. The number of carbonyl (C=O) groups excluding carboxylic acids is 1. The zero-order valence-electron chi connectivity index (χ0n) is 15.0. The van der Waals surface area contributed by atoms with Gasteiger partial charge in [-0.1, -0.05) is 0 Å². The molecule has 28 heavy (non-hydrogen) atoms. The van der Waals surface area contributed by atoms with Gasteiger partial charge in [0.1, 0.15) is 23.1 Å². The number of anilines is 2. The van der Waals surface area contributed by atoms with Crippen LogP contribution in [-0.4, -0.2) is 22.2 Å². The Morgan fingerprint density at radius 2 is 1.79 bits per heavy atom. The monoisotopic (exact) mass is 386 g/mol. The van der Waals surface area contributed by atoms with Gasteiger partial charge in [-0.3, -0.25) is 9.48 Å². The van der Waals surface area contributed by atoms with Gasteiger partial charge in [-0.15, -0.1) is 0 Å². The number of nitrogens with one attached hydrogen (secondary N) is 1. The van der Waals surface area contributed by atoms with Crippen molar-refractivity contribution in [3.8, 4) is 0 Å². The third-order valence-electron chi connectivity index (χ3n) is 4.64. The minimum absolute atomic E-state index is 0.0262. The molecule has 8 heteroatoms. The highest BCUT2D eigenvalue weighted by Crippen LogP contribution is 2.27. The minimum atomic E-state index is -0.572. The van der Waals surface area contributed by atoms with E-state index in [2.05, 4.69) is 10.4 Å². The second-order valence-electron chi connectivity index (χ2n) is 6.68. The van der Waals surface area contributed by atoms with Crippen LogP contribution in [0.3, 0.4) is 0 Å². The third-order valence-corrected chi connectivity index (χ3v) is 4.64. The SMILES string of the molecule is C[C@@H]1CN(c2ccc(F)cc2)C(=O)c2cc(CNc3cc(F)ccc3F)nn21. The highest BCUT2D eigenvalue weighted by molar-refractivity contribution is 6.05. The number of fused-ring (bicyclic) bond motifs is 1. The summed E-state index contributed by atoms with van der Waals surface area (Å²) in [6.07, 6.45) is 0. The number of carbonyl (C=O) groups is 1. The molecule has 0 unspecified atom stereocenters.